The maximum Gasteiger partial charge on any atom is 0.338 e. The summed E-state index contributed by atoms with van der Waals surface area (Å²) in [5.74, 6) is 0.949. The van der Waals surface area contributed by atoms with Crippen molar-refractivity contribution in [3.8, 4) is 0 Å². The average molecular weight is 406 g/mol. The molecule has 7 nitrogen and oxygen atoms in total. The lowest BCUT2D eigenvalue weighted by molar-refractivity contribution is 0.0526. The molecule has 1 fully saturated rings. The van der Waals surface area contributed by atoms with Crippen molar-refractivity contribution < 1.29 is 9.53 Å². The first kappa shape index (κ1) is 19.9. The molecule has 0 aromatic heterocycles. The van der Waals surface area contributed by atoms with Crippen LogP contribution in [-0.2, 0) is 4.74 Å². The standard InChI is InChI=1S/C23H27N5O2/c1-2-30-20(29)17-10-9-13-19(16-17)25-22-26-21(24-18-11-5-3-6-12-18)27-23(28-22)14-7-4-8-15-23/h3,5-6,9-13,16H,2,4,7-8,14-15H2,1H3,(H3,24,25,26,27,28). The summed E-state index contributed by atoms with van der Waals surface area (Å²) in [5.41, 5.74) is 1.77. The molecule has 1 spiro atoms. The zero-order chi connectivity index (χ0) is 20.8. The van der Waals surface area contributed by atoms with Gasteiger partial charge in [0.25, 0.3) is 0 Å². The van der Waals surface area contributed by atoms with Gasteiger partial charge < -0.3 is 15.4 Å². The van der Waals surface area contributed by atoms with Crippen LogP contribution in [0.3, 0.4) is 0 Å². The molecule has 1 aliphatic carbocycles. The van der Waals surface area contributed by atoms with Crippen LogP contribution in [0.25, 0.3) is 0 Å². The molecule has 1 heterocycles. The Morgan fingerprint density at radius 3 is 2.33 bits per heavy atom. The summed E-state index contributed by atoms with van der Waals surface area (Å²) in [5, 5.41) is 9.93. The van der Waals surface area contributed by atoms with E-state index in [2.05, 4.69) is 16.0 Å². The van der Waals surface area contributed by atoms with Crippen molar-refractivity contribution >= 4 is 29.3 Å². The molecule has 0 atom stereocenters. The Labute approximate surface area is 176 Å². The Morgan fingerprint density at radius 2 is 1.63 bits per heavy atom. The lowest BCUT2D eigenvalue weighted by Gasteiger charge is -2.35. The Kier molecular flexibility index (Phi) is 5.97. The van der Waals surface area contributed by atoms with Crippen LogP contribution >= 0.6 is 0 Å². The third-order valence-corrected chi connectivity index (χ3v) is 5.20. The van der Waals surface area contributed by atoms with Crippen molar-refractivity contribution in [3.05, 3.63) is 60.2 Å². The summed E-state index contributed by atoms with van der Waals surface area (Å²) in [6, 6.07) is 17.2. The smallest absolute Gasteiger partial charge is 0.338 e. The van der Waals surface area contributed by atoms with Gasteiger partial charge in [-0.15, -0.1) is 0 Å². The van der Waals surface area contributed by atoms with E-state index in [1.165, 1.54) is 6.42 Å². The molecule has 1 saturated carbocycles. The van der Waals surface area contributed by atoms with Crippen LogP contribution in [0, 0.1) is 0 Å². The fourth-order valence-corrected chi connectivity index (χ4v) is 3.80. The number of aliphatic imine (C=N–C) groups is 2. The molecule has 2 aromatic rings. The molecule has 156 valence electrons. The van der Waals surface area contributed by atoms with E-state index in [1.54, 1.807) is 19.1 Å². The number of hydrogen-bond acceptors (Lipinski definition) is 7. The zero-order valence-corrected chi connectivity index (χ0v) is 17.1. The molecule has 2 aromatic carbocycles. The van der Waals surface area contributed by atoms with Gasteiger partial charge in [-0.25, -0.2) is 14.8 Å². The topological polar surface area (TPSA) is 87.1 Å². The second kappa shape index (κ2) is 8.98. The van der Waals surface area contributed by atoms with Gasteiger partial charge in [0.05, 0.1) is 12.2 Å². The Morgan fingerprint density at radius 1 is 0.967 bits per heavy atom. The first-order valence-electron chi connectivity index (χ1n) is 10.5. The second-order valence-corrected chi connectivity index (χ2v) is 7.51. The summed E-state index contributed by atoms with van der Waals surface area (Å²) in [6.07, 6.45) is 5.27. The van der Waals surface area contributed by atoms with Crippen LogP contribution in [0.1, 0.15) is 49.4 Å². The summed E-state index contributed by atoms with van der Waals surface area (Å²) in [6.45, 7) is 2.14. The summed E-state index contributed by atoms with van der Waals surface area (Å²) in [7, 11) is 0. The normalized spacial score (nSPS) is 17.4. The van der Waals surface area contributed by atoms with Crippen LogP contribution in [0.2, 0.25) is 0 Å². The Hall–Kier alpha value is -3.35. The number of nitrogens with zero attached hydrogens (tertiary/aromatic N) is 2. The largest absolute Gasteiger partial charge is 0.462 e. The number of rotatable bonds is 4. The maximum absolute atomic E-state index is 12.1. The van der Waals surface area contributed by atoms with E-state index in [0.717, 1.165) is 37.1 Å². The molecule has 4 rings (SSSR count). The third kappa shape index (κ3) is 4.79. The molecule has 3 N–H and O–H groups in total. The molecule has 0 saturated heterocycles. The number of esters is 1. The van der Waals surface area contributed by atoms with Gasteiger partial charge in [0.15, 0.2) is 5.66 Å². The molecule has 7 heteroatoms. The molecule has 2 aliphatic rings. The molecule has 0 amide bonds. The van der Waals surface area contributed by atoms with E-state index >= 15 is 0 Å². The van der Waals surface area contributed by atoms with Crippen molar-refractivity contribution in [2.24, 2.45) is 9.98 Å². The van der Waals surface area contributed by atoms with Gasteiger partial charge in [-0.1, -0.05) is 30.7 Å². The number of carbonyl (C=O) groups is 1. The summed E-state index contributed by atoms with van der Waals surface area (Å²) in [4.78, 5) is 21.9. The molecule has 0 bridgehead atoms. The number of para-hydroxylation sites is 1. The van der Waals surface area contributed by atoms with E-state index in [0.29, 0.717) is 24.1 Å². The quantitative estimate of drug-likeness (QED) is 0.658. The predicted octanol–water partition coefficient (Wildman–Crippen LogP) is 4.36. The van der Waals surface area contributed by atoms with E-state index < -0.39 is 5.66 Å². The lowest BCUT2D eigenvalue weighted by atomic mass is 9.90. The molecule has 1 aliphatic heterocycles. The van der Waals surface area contributed by atoms with Crippen LogP contribution in [0.5, 0.6) is 0 Å². The number of anilines is 2. The van der Waals surface area contributed by atoms with Crippen LogP contribution < -0.4 is 16.0 Å². The van der Waals surface area contributed by atoms with E-state index in [-0.39, 0.29) is 5.97 Å². The SMILES string of the molecule is CCOC(=O)c1cccc(NC2=NC3(CCCCC3)N=C(Nc3ccccc3)N2)c1. The zero-order valence-electron chi connectivity index (χ0n) is 17.1. The number of nitrogens with one attached hydrogen (secondary N) is 3. The van der Waals surface area contributed by atoms with Crippen molar-refractivity contribution in [2.45, 2.75) is 44.7 Å². The molecular formula is C23H27N5O2. The van der Waals surface area contributed by atoms with Crippen LogP contribution in [-0.4, -0.2) is 30.2 Å². The second-order valence-electron chi connectivity index (χ2n) is 7.51. The molecule has 30 heavy (non-hydrogen) atoms. The molecule has 0 radical (unpaired) electrons. The first-order chi connectivity index (χ1) is 14.7. The van der Waals surface area contributed by atoms with Gasteiger partial charge >= 0.3 is 5.97 Å². The summed E-state index contributed by atoms with van der Waals surface area (Å²) >= 11 is 0. The highest BCUT2D eigenvalue weighted by Crippen LogP contribution is 2.34. The van der Waals surface area contributed by atoms with Crippen molar-refractivity contribution in [1.29, 1.82) is 0 Å². The van der Waals surface area contributed by atoms with Gasteiger partial charge in [0, 0.05) is 11.4 Å². The van der Waals surface area contributed by atoms with E-state index in [9.17, 15) is 4.79 Å². The minimum Gasteiger partial charge on any atom is -0.462 e. The molecular weight excluding hydrogens is 378 g/mol. The van der Waals surface area contributed by atoms with Gasteiger partial charge in [-0.05, 0) is 62.9 Å². The van der Waals surface area contributed by atoms with Gasteiger partial charge in [-0.2, -0.15) is 0 Å². The van der Waals surface area contributed by atoms with E-state index in [1.807, 2.05) is 42.5 Å². The van der Waals surface area contributed by atoms with Gasteiger partial charge in [0.1, 0.15) is 0 Å². The minimum absolute atomic E-state index is 0.337. The maximum atomic E-state index is 12.1. The number of guanidine groups is 2. The van der Waals surface area contributed by atoms with Gasteiger partial charge in [-0.3, -0.25) is 5.32 Å². The number of ether oxygens (including phenoxy) is 1. The third-order valence-electron chi connectivity index (χ3n) is 5.20. The Bertz CT molecular complexity index is 949. The predicted molar refractivity (Wildman–Crippen MR) is 120 cm³/mol. The first-order valence-corrected chi connectivity index (χ1v) is 10.5. The molecule has 0 unspecified atom stereocenters. The highest BCUT2D eigenvalue weighted by Gasteiger charge is 2.35. The van der Waals surface area contributed by atoms with Gasteiger partial charge in [0.2, 0.25) is 11.9 Å². The minimum atomic E-state index is -0.457. The highest BCUT2D eigenvalue weighted by atomic mass is 16.5. The van der Waals surface area contributed by atoms with Crippen LogP contribution in [0.4, 0.5) is 11.4 Å². The fourth-order valence-electron chi connectivity index (χ4n) is 3.80. The van der Waals surface area contributed by atoms with E-state index in [4.69, 9.17) is 14.7 Å². The van der Waals surface area contributed by atoms with Crippen molar-refractivity contribution in [1.82, 2.24) is 5.32 Å². The number of hydrogen-bond donors (Lipinski definition) is 3. The average Bonchev–Trinajstić information content (AvgIpc) is 2.75. The van der Waals surface area contributed by atoms with Crippen LogP contribution in [0.15, 0.2) is 64.6 Å². The highest BCUT2D eigenvalue weighted by molar-refractivity contribution is 6.11. The van der Waals surface area contributed by atoms with Crippen molar-refractivity contribution in [3.63, 3.8) is 0 Å². The number of benzene rings is 2. The van der Waals surface area contributed by atoms with Crippen molar-refractivity contribution in [2.75, 3.05) is 17.2 Å². The lowest BCUT2D eigenvalue weighted by Crippen LogP contribution is -2.48. The Balaban J connectivity index is 1.56. The summed E-state index contributed by atoms with van der Waals surface area (Å²) < 4.78 is 5.10. The monoisotopic (exact) mass is 405 g/mol. The number of carbonyl (C=O) groups excluding carboxylic acids is 1. The fraction of sp³-hybridized carbons (Fsp3) is 0.348.